The van der Waals surface area contributed by atoms with E-state index in [1.165, 1.54) is 9.75 Å². The molecular weight excluding hydrogens is 310 g/mol. The van der Waals surface area contributed by atoms with Crippen LogP contribution in [0.25, 0.3) is 0 Å². The molecule has 4 heterocycles. The molecule has 0 aliphatic carbocycles. The van der Waals surface area contributed by atoms with Crippen molar-refractivity contribution < 1.29 is 9.26 Å². The number of likely N-dealkylation sites (tertiary alicyclic amines) is 1. The lowest BCUT2D eigenvalue weighted by molar-refractivity contribution is -0.0110. The number of rotatable bonds is 4. The molecule has 2 aromatic rings. The third-order valence-electron chi connectivity index (χ3n) is 5.02. The quantitative estimate of drug-likeness (QED) is 0.861. The van der Waals surface area contributed by atoms with Gasteiger partial charge in [0.25, 0.3) is 0 Å². The highest BCUT2D eigenvalue weighted by atomic mass is 32.1. The maximum atomic E-state index is 5.86. The first-order valence-electron chi connectivity index (χ1n) is 8.32. The van der Waals surface area contributed by atoms with Crippen molar-refractivity contribution in [1.29, 1.82) is 0 Å². The second-order valence-electron chi connectivity index (χ2n) is 6.87. The van der Waals surface area contributed by atoms with Crippen LogP contribution in [0.4, 0.5) is 0 Å². The summed E-state index contributed by atoms with van der Waals surface area (Å²) in [6, 6.07) is 4.48. The highest BCUT2D eigenvalue weighted by molar-refractivity contribution is 7.11. The lowest BCUT2D eigenvalue weighted by Crippen LogP contribution is -2.36. The third kappa shape index (κ3) is 3.34. The van der Waals surface area contributed by atoms with Gasteiger partial charge in [0, 0.05) is 35.8 Å². The van der Waals surface area contributed by atoms with Gasteiger partial charge in [0.15, 0.2) is 5.82 Å². The van der Waals surface area contributed by atoms with Gasteiger partial charge < -0.3 is 9.26 Å². The number of hydrogen-bond donors (Lipinski definition) is 0. The van der Waals surface area contributed by atoms with Crippen molar-refractivity contribution in [3.8, 4) is 0 Å². The molecule has 0 unspecified atom stereocenters. The molecule has 3 atom stereocenters. The van der Waals surface area contributed by atoms with E-state index in [0.717, 1.165) is 51.0 Å². The van der Waals surface area contributed by atoms with Crippen molar-refractivity contribution in [2.45, 2.75) is 26.8 Å². The van der Waals surface area contributed by atoms with Gasteiger partial charge in [-0.2, -0.15) is 4.98 Å². The number of fused-ring (bicyclic) bond motifs is 1. The van der Waals surface area contributed by atoms with Gasteiger partial charge in [0.2, 0.25) is 5.89 Å². The van der Waals surface area contributed by atoms with E-state index in [4.69, 9.17) is 9.26 Å². The number of thiophene rings is 1. The average Bonchev–Trinajstić information content (AvgIpc) is 3.21. The summed E-state index contributed by atoms with van der Waals surface area (Å²) >= 11 is 1.91. The molecule has 23 heavy (non-hydrogen) atoms. The minimum absolute atomic E-state index is 0.490. The molecule has 2 saturated heterocycles. The maximum Gasteiger partial charge on any atom is 0.227 e. The molecule has 6 heteroatoms. The molecule has 4 rings (SSSR count). The van der Waals surface area contributed by atoms with Crippen molar-refractivity contribution in [2.24, 2.45) is 17.8 Å². The summed E-state index contributed by atoms with van der Waals surface area (Å²) < 4.78 is 11.2. The molecule has 2 aliphatic rings. The Morgan fingerprint density at radius 3 is 2.91 bits per heavy atom. The lowest BCUT2D eigenvalue weighted by Gasteiger charge is -2.32. The third-order valence-corrected chi connectivity index (χ3v) is 6.00. The van der Waals surface area contributed by atoms with Gasteiger partial charge >= 0.3 is 0 Å². The zero-order chi connectivity index (χ0) is 15.8. The van der Waals surface area contributed by atoms with Gasteiger partial charge in [-0.15, -0.1) is 11.3 Å². The van der Waals surface area contributed by atoms with E-state index in [2.05, 4.69) is 34.1 Å². The van der Waals surface area contributed by atoms with Gasteiger partial charge in [-0.25, -0.2) is 0 Å². The van der Waals surface area contributed by atoms with Crippen LogP contribution in [0.2, 0.25) is 0 Å². The minimum atomic E-state index is 0.490. The van der Waals surface area contributed by atoms with E-state index in [0.29, 0.717) is 17.8 Å². The van der Waals surface area contributed by atoms with Crippen LogP contribution in [0.1, 0.15) is 21.5 Å². The molecule has 0 bridgehead atoms. The van der Waals surface area contributed by atoms with Gasteiger partial charge in [-0.1, -0.05) is 5.16 Å². The summed E-state index contributed by atoms with van der Waals surface area (Å²) in [5, 5.41) is 3.90. The summed E-state index contributed by atoms with van der Waals surface area (Å²) in [4.78, 5) is 9.81. The molecule has 0 saturated carbocycles. The SMILES string of the molecule is Cc1noc(C[C@@H]2COC[C@H]3CN(Cc4ccc(C)s4)C[C@@H]23)n1. The Morgan fingerprint density at radius 1 is 1.26 bits per heavy atom. The van der Waals surface area contributed by atoms with Crippen LogP contribution < -0.4 is 0 Å². The molecule has 0 radical (unpaired) electrons. The number of ether oxygens (including phenoxy) is 1. The van der Waals surface area contributed by atoms with E-state index in [1.54, 1.807) is 0 Å². The van der Waals surface area contributed by atoms with Gasteiger partial charge in [-0.05, 0) is 43.7 Å². The normalized spacial score (nSPS) is 28.2. The fourth-order valence-electron chi connectivity index (χ4n) is 3.97. The van der Waals surface area contributed by atoms with Crippen LogP contribution >= 0.6 is 11.3 Å². The van der Waals surface area contributed by atoms with Crippen molar-refractivity contribution in [2.75, 3.05) is 26.3 Å². The molecule has 2 aliphatic heterocycles. The van der Waals surface area contributed by atoms with Crippen LogP contribution in [0.15, 0.2) is 16.7 Å². The summed E-state index contributed by atoms with van der Waals surface area (Å²) in [5.74, 6) is 3.28. The highest BCUT2D eigenvalue weighted by Gasteiger charge is 2.41. The Kier molecular flexibility index (Phi) is 4.22. The Morgan fingerprint density at radius 2 is 2.17 bits per heavy atom. The summed E-state index contributed by atoms with van der Waals surface area (Å²) in [5.41, 5.74) is 0. The van der Waals surface area contributed by atoms with Gasteiger partial charge in [0.1, 0.15) is 0 Å². The highest BCUT2D eigenvalue weighted by Crippen LogP contribution is 2.36. The summed E-state index contributed by atoms with van der Waals surface area (Å²) in [7, 11) is 0. The number of aromatic nitrogens is 2. The van der Waals surface area contributed by atoms with E-state index in [-0.39, 0.29) is 0 Å². The molecule has 2 fully saturated rings. The fourth-order valence-corrected chi connectivity index (χ4v) is 4.90. The second-order valence-corrected chi connectivity index (χ2v) is 8.24. The lowest BCUT2D eigenvalue weighted by atomic mass is 9.81. The zero-order valence-electron chi connectivity index (χ0n) is 13.7. The monoisotopic (exact) mass is 333 g/mol. The van der Waals surface area contributed by atoms with Gasteiger partial charge in [0.05, 0.1) is 13.2 Å². The van der Waals surface area contributed by atoms with Crippen LogP contribution in [-0.2, 0) is 17.7 Å². The number of hydrogen-bond acceptors (Lipinski definition) is 6. The maximum absolute atomic E-state index is 5.86. The number of aryl methyl sites for hydroxylation is 2. The molecule has 0 amide bonds. The predicted molar refractivity (Wildman–Crippen MR) is 88.4 cm³/mol. The molecule has 0 spiro atoms. The van der Waals surface area contributed by atoms with Crippen LogP contribution in [-0.4, -0.2) is 41.3 Å². The minimum Gasteiger partial charge on any atom is -0.381 e. The molecule has 0 N–H and O–H groups in total. The Hall–Kier alpha value is -1.24. The standard InChI is InChI=1S/C17H23N3O2S/c1-11-3-4-15(23-11)7-20-6-14-10-21-9-13(16(14)8-20)5-17-18-12(2)19-22-17/h3-4,13-14,16H,5-10H2,1-2H3/t13-,14-,16+/m1/s1. The predicted octanol–water partition coefficient (Wildman–Crippen LogP) is 2.69. The second kappa shape index (κ2) is 6.34. The van der Waals surface area contributed by atoms with Crippen LogP contribution in [0.5, 0.6) is 0 Å². The van der Waals surface area contributed by atoms with Gasteiger partial charge in [-0.3, -0.25) is 4.90 Å². The first-order valence-corrected chi connectivity index (χ1v) is 9.13. The van der Waals surface area contributed by atoms with Crippen molar-refractivity contribution in [1.82, 2.24) is 15.0 Å². The molecular formula is C17H23N3O2S. The first kappa shape index (κ1) is 15.3. The average molecular weight is 333 g/mol. The Bertz CT molecular complexity index is 668. The molecule has 0 aromatic carbocycles. The molecule has 124 valence electrons. The van der Waals surface area contributed by atoms with E-state index < -0.39 is 0 Å². The van der Waals surface area contributed by atoms with Crippen molar-refractivity contribution >= 4 is 11.3 Å². The largest absolute Gasteiger partial charge is 0.381 e. The van der Waals surface area contributed by atoms with Crippen molar-refractivity contribution in [3.63, 3.8) is 0 Å². The number of nitrogens with zero attached hydrogens (tertiary/aromatic N) is 3. The Labute approximate surface area is 140 Å². The zero-order valence-corrected chi connectivity index (χ0v) is 14.5. The first-order chi connectivity index (χ1) is 11.2. The Balaban J connectivity index is 1.41. The van der Waals surface area contributed by atoms with Crippen LogP contribution in [0.3, 0.4) is 0 Å². The van der Waals surface area contributed by atoms with E-state index in [9.17, 15) is 0 Å². The van der Waals surface area contributed by atoms with E-state index >= 15 is 0 Å². The summed E-state index contributed by atoms with van der Waals surface area (Å²) in [6.45, 7) is 9.11. The fraction of sp³-hybridized carbons (Fsp3) is 0.647. The molecule has 2 aromatic heterocycles. The smallest absolute Gasteiger partial charge is 0.227 e. The van der Waals surface area contributed by atoms with Crippen LogP contribution in [0, 0.1) is 31.6 Å². The molecule has 5 nitrogen and oxygen atoms in total. The van der Waals surface area contributed by atoms with E-state index in [1.807, 2.05) is 18.3 Å². The topological polar surface area (TPSA) is 51.4 Å². The van der Waals surface area contributed by atoms with Crippen molar-refractivity contribution in [3.05, 3.63) is 33.6 Å². The summed E-state index contributed by atoms with van der Waals surface area (Å²) in [6.07, 6.45) is 0.841.